The number of aromatic nitrogens is 4. The van der Waals surface area contributed by atoms with Gasteiger partial charge in [-0.15, -0.1) is 11.3 Å². The van der Waals surface area contributed by atoms with Crippen molar-refractivity contribution in [2.45, 2.75) is 105 Å². The zero-order valence-electron chi connectivity index (χ0n) is 33.4. The number of amides is 1. The van der Waals surface area contributed by atoms with Crippen LogP contribution in [0.15, 0.2) is 48.5 Å². The molecule has 5 aromatic rings. The van der Waals surface area contributed by atoms with Crippen LogP contribution in [-0.4, -0.2) is 74.2 Å². The minimum atomic E-state index is -0.976. The van der Waals surface area contributed by atoms with Gasteiger partial charge in [0.05, 0.1) is 33.6 Å². The number of halogens is 1. The Balaban J connectivity index is 1.36. The number of hydrogen-bond acceptors (Lipinski definition) is 10. The standard InChI is InChI=1S/C43H50ClN5O6S/c1-9-52-40(50)37(54-42(3,4)5)33-25(2)24-30-38(34(33)26-13-15-28(44)16-14-26)56-39(46-30)29-17-18-31-36(45-29)35(47-49(31)32-12-10-11-23-53-32)27-19-21-48(22-20-27)41(51)55-43(6,7)8/h13-19,24,32,37H,9-12,20-23H2,1-8H3/t32?,37-/m0/s1. The molecule has 56 heavy (non-hydrogen) atoms. The van der Waals surface area contributed by atoms with Gasteiger partial charge in [0.25, 0.3) is 0 Å². The largest absolute Gasteiger partial charge is 0.464 e. The molecule has 0 N–H and O–H groups in total. The van der Waals surface area contributed by atoms with E-state index < -0.39 is 23.3 Å². The number of thiazole rings is 1. The van der Waals surface area contributed by atoms with E-state index in [-0.39, 0.29) is 18.9 Å². The number of carbonyl (C=O) groups is 2. The highest BCUT2D eigenvalue weighted by Crippen LogP contribution is 2.45. The van der Waals surface area contributed by atoms with Crippen LogP contribution in [0.5, 0.6) is 0 Å². The van der Waals surface area contributed by atoms with Gasteiger partial charge in [0, 0.05) is 35.8 Å². The van der Waals surface area contributed by atoms with E-state index in [2.05, 4.69) is 12.1 Å². The number of pyridine rings is 1. The maximum absolute atomic E-state index is 13.6. The Morgan fingerprint density at radius 2 is 1.80 bits per heavy atom. The molecule has 11 nitrogen and oxygen atoms in total. The molecule has 0 spiro atoms. The summed E-state index contributed by atoms with van der Waals surface area (Å²) in [7, 11) is 0. The molecule has 0 radical (unpaired) electrons. The summed E-state index contributed by atoms with van der Waals surface area (Å²) in [6.07, 6.45) is 4.10. The predicted molar refractivity (Wildman–Crippen MR) is 221 cm³/mol. The second-order valence-corrected chi connectivity index (χ2v) is 17.7. The number of nitrogens with zero attached hydrogens (tertiary/aromatic N) is 5. The molecule has 2 aliphatic rings. The second kappa shape index (κ2) is 15.9. The maximum Gasteiger partial charge on any atom is 0.410 e. The summed E-state index contributed by atoms with van der Waals surface area (Å²) in [5, 5.41) is 6.48. The summed E-state index contributed by atoms with van der Waals surface area (Å²) in [6, 6.07) is 13.7. The van der Waals surface area contributed by atoms with Crippen molar-refractivity contribution in [3.8, 4) is 21.8 Å². The molecule has 296 valence electrons. The number of carbonyl (C=O) groups excluding carboxylic acids is 2. The van der Waals surface area contributed by atoms with Crippen LogP contribution in [0.4, 0.5) is 4.79 Å². The van der Waals surface area contributed by atoms with E-state index in [1.54, 1.807) is 11.8 Å². The van der Waals surface area contributed by atoms with Crippen molar-refractivity contribution >= 4 is 61.8 Å². The Kier molecular flexibility index (Phi) is 11.3. The molecule has 0 aliphatic carbocycles. The number of aryl methyl sites for hydroxylation is 1. The van der Waals surface area contributed by atoms with Crippen molar-refractivity contribution in [3.05, 3.63) is 70.4 Å². The average molecular weight is 800 g/mol. The molecule has 5 heterocycles. The first-order chi connectivity index (χ1) is 26.6. The van der Waals surface area contributed by atoms with Crippen LogP contribution in [0.1, 0.15) is 103 Å². The fraction of sp³-hybridized carbons (Fsp3) is 0.465. The fourth-order valence-electron chi connectivity index (χ4n) is 7.23. The molecule has 2 aliphatic heterocycles. The maximum atomic E-state index is 13.6. The number of fused-ring (bicyclic) bond motifs is 2. The van der Waals surface area contributed by atoms with Gasteiger partial charge in [-0.1, -0.05) is 29.8 Å². The molecular weight excluding hydrogens is 750 g/mol. The summed E-state index contributed by atoms with van der Waals surface area (Å²) < 4.78 is 26.8. The normalized spacial score (nSPS) is 17.3. The molecule has 13 heteroatoms. The van der Waals surface area contributed by atoms with Gasteiger partial charge in [-0.3, -0.25) is 0 Å². The number of hydrogen-bond donors (Lipinski definition) is 0. The van der Waals surface area contributed by atoms with Crippen molar-refractivity contribution in [2.24, 2.45) is 0 Å². The van der Waals surface area contributed by atoms with Gasteiger partial charge in [0.2, 0.25) is 0 Å². The Labute approximate surface area is 336 Å². The van der Waals surface area contributed by atoms with Gasteiger partial charge in [0.15, 0.2) is 12.3 Å². The zero-order chi connectivity index (χ0) is 39.9. The van der Waals surface area contributed by atoms with E-state index in [0.29, 0.717) is 36.8 Å². The van der Waals surface area contributed by atoms with Crippen molar-refractivity contribution in [3.63, 3.8) is 0 Å². The topological polar surface area (TPSA) is 118 Å². The van der Waals surface area contributed by atoms with Crippen LogP contribution in [-0.2, 0) is 23.7 Å². The first-order valence-electron chi connectivity index (χ1n) is 19.3. The third kappa shape index (κ3) is 8.49. The van der Waals surface area contributed by atoms with Crippen molar-refractivity contribution in [1.82, 2.24) is 24.6 Å². The van der Waals surface area contributed by atoms with Crippen LogP contribution < -0.4 is 0 Å². The van der Waals surface area contributed by atoms with Gasteiger partial charge in [-0.05, 0) is 128 Å². The van der Waals surface area contributed by atoms with Gasteiger partial charge >= 0.3 is 12.1 Å². The summed E-state index contributed by atoms with van der Waals surface area (Å²) in [5.74, 6) is -0.449. The van der Waals surface area contributed by atoms with Gasteiger partial charge in [-0.25, -0.2) is 24.2 Å². The first-order valence-corrected chi connectivity index (χ1v) is 20.5. The Hall–Kier alpha value is -4.36. The molecule has 2 atom stereocenters. The smallest absolute Gasteiger partial charge is 0.410 e. The molecular formula is C43H50ClN5O6S. The second-order valence-electron chi connectivity index (χ2n) is 16.3. The summed E-state index contributed by atoms with van der Waals surface area (Å²) in [6.45, 7) is 17.0. The lowest BCUT2D eigenvalue weighted by Crippen LogP contribution is -2.39. The van der Waals surface area contributed by atoms with E-state index in [4.69, 9.17) is 45.6 Å². The number of esters is 1. The van der Waals surface area contributed by atoms with Crippen molar-refractivity contribution < 1.29 is 28.5 Å². The quantitative estimate of drug-likeness (QED) is 0.141. The number of benzene rings is 2. The van der Waals surface area contributed by atoms with E-state index in [9.17, 15) is 9.59 Å². The average Bonchev–Trinajstić information content (AvgIpc) is 3.75. The Morgan fingerprint density at radius 3 is 2.45 bits per heavy atom. The van der Waals surface area contributed by atoms with Crippen LogP contribution in [0.25, 0.3) is 48.7 Å². The lowest BCUT2D eigenvalue weighted by atomic mass is 9.91. The highest BCUT2D eigenvalue weighted by atomic mass is 35.5. The number of rotatable bonds is 8. The van der Waals surface area contributed by atoms with Gasteiger partial charge in [-0.2, -0.15) is 5.10 Å². The molecule has 0 saturated carbocycles. The first kappa shape index (κ1) is 39.9. The predicted octanol–water partition coefficient (Wildman–Crippen LogP) is 10.5. The zero-order valence-corrected chi connectivity index (χ0v) is 35.0. The van der Waals surface area contributed by atoms with Crippen LogP contribution in [0.3, 0.4) is 0 Å². The van der Waals surface area contributed by atoms with Crippen LogP contribution >= 0.6 is 22.9 Å². The van der Waals surface area contributed by atoms with E-state index in [0.717, 1.165) is 79.0 Å². The molecule has 1 unspecified atom stereocenters. The molecule has 1 amide bonds. The van der Waals surface area contributed by atoms with Crippen molar-refractivity contribution in [2.75, 3.05) is 26.3 Å². The minimum Gasteiger partial charge on any atom is -0.464 e. The third-order valence-electron chi connectivity index (χ3n) is 9.66. The van der Waals surface area contributed by atoms with Gasteiger partial charge < -0.3 is 23.8 Å². The molecule has 1 saturated heterocycles. The number of ether oxygens (including phenoxy) is 4. The van der Waals surface area contributed by atoms with E-state index in [1.807, 2.05) is 89.5 Å². The van der Waals surface area contributed by atoms with E-state index >= 15 is 0 Å². The lowest BCUT2D eigenvalue weighted by Gasteiger charge is -2.29. The summed E-state index contributed by atoms with van der Waals surface area (Å²) in [4.78, 5) is 38.7. The SMILES string of the molecule is CCOC(=O)[C@@H](OC(C)(C)C)c1c(C)cc2nc(-c3ccc4c(n3)c(C3=CCN(C(=O)OC(C)(C)C)CC3)nn4C3CCCCO3)sc2c1-c1ccc(Cl)cc1. The minimum absolute atomic E-state index is 0.191. The highest BCUT2D eigenvalue weighted by molar-refractivity contribution is 7.22. The van der Waals surface area contributed by atoms with Crippen molar-refractivity contribution in [1.29, 1.82) is 0 Å². The molecule has 2 aromatic carbocycles. The Bertz CT molecular complexity index is 2300. The molecule has 0 bridgehead atoms. The Morgan fingerprint density at radius 1 is 1.04 bits per heavy atom. The fourth-order valence-corrected chi connectivity index (χ4v) is 8.45. The lowest BCUT2D eigenvalue weighted by molar-refractivity contribution is -0.166. The molecule has 3 aromatic heterocycles. The monoisotopic (exact) mass is 799 g/mol. The summed E-state index contributed by atoms with van der Waals surface area (Å²) >= 11 is 7.88. The third-order valence-corrected chi connectivity index (χ3v) is 11.0. The van der Waals surface area contributed by atoms with Crippen LogP contribution in [0, 0.1) is 6.92 Å². The molecule has 1 fully saturated rings. The molecule has 7 rings (SSSR count). The summed E-state index contributed by atoms with van der Waals surface area (Å²) in [5.41, 5.74) is 7.00. The van der Waals surface area contributed by atoms with Gasteiger partial charge in [0.1, 0.15) is 21.8 Å². The van der Waals surface area contributed by atoms with E-state index in [1.165, 1.54) is 11.3 Å². The highest BCUT2D eigenvalue weighted by Gasteiger charge is 2.34. The van der Waals surface area contributed by atoms with Crippen LogP contribution in [0.2, 0.25) is 5.02 Å².